The fourth-order valence-electron chi connectivity index (χ4n) is 3.34. The first-order chi connectivity index (χ1) is 8.13. The van der Waals surface area contributed by atoms with Crippen LogP contribution in [0.15, 0.2) is 24.3 Å². The van der Waals surface area contributed by atoms with Crippen LogP contribution in [0.2, 0.25) is 0 Å². The molecular formula is C13H14FNO2. The van der Waals surface area contributed by atoms with Crippen LogP contribution in [-0.4, -0.2) is 23.2 Å². The molecule has 0 radical (unpaired) electrons. The normalized spacial score (nSPS) is 35.1. The van der Waals surface area contributed by atoms with Crippen molar-refractivity contribution in [1.29, 1.82) is 0 Å². The van der Waals surface area contributed by atoms with Crippen molar-refractivity contribution in [3.8, 4) is 0 Å². The first kappa shape index (κ1) is 10.7. The largest absolute Gasteiger partial charge is 0.481 e. The van der Waals surface area contributed by atoms with E-state index in [4.69, 9.17) is 0 Å². The number of nitrogens with one attached hydrogen (secondary N) is 1. The second-order valence-corrected chi connectivity index (χ2v) is 4.98. The Morgan fingerprint density at radius 3 is 2.82 bits per heavy atom. The van der Waals surface area contributed by atoms with Gasteiger partial charge in [-0.1, -0.05) is 12.1 Å². The second kappa shape index (κ2) is 3.53. The number of carboxylic acids is 1. The summed E-state index contributed by atoms with van der Waals surface area (Å²) in [5, 5.41) is 12.9. The van der Waals surface area contributed by atoms with Gasteiger partial charge in [0, 0.05) is 12.1 Å². The predicted octanol–water partition coefficient (Wildman–Crippen LogP) is 1.67. The van der Waals surface area contributed by atoms with Crippen LogP contribution in [0.4, 0.5) is 4.39 Å². The molecule has 0 aliphatic carbocycles. The molecule has 3 rings (SSSR count). The summed E-state index contributed by atoms with van der Waals surface area (Å²) in [4.78, 5) is 11.7. The predicted molar refractivity (Wildman–Crippen MR) is 60.3 cm³/mol. The lowest BCUT2D eigenvalue weighted by Gasteiger charge is -2.32. The smallest absolute Gasteiger partial charge is 0.315 e. The van der Waals surface area contributed by atoms with Crippen LogP contribution in [0.25, 0.3) is 0 Å². The Hall–Kier alpha value is -1.42. The molecule has 90 valence electrons. The van der Waals surface area contributed by atoms with Crippen LogP contribution in [-0.2, 0) is 10.2 Å². The Bertz CT molecular complexity index is 476. The van der Waals surface area contributed by atoms with E-state index in [-0.39, 0.29) is 17.9 Å². The monoisotopic (exact) mass is 235 g/mol. The van der Waals surface area contributed by atoms with Crippen LogP contribution in [0.1, 0.15) is 24.8 Å². The highest BCUT2D eigenvalue weighted by Gasteiger charge is 2.56. The van der Waals surface area contributed by atoms with Gasteiger partial charge in [0.15, 0.2) is 0 Å². The van der Waals surface area contributed by atoms with Crippen molar-refractivity contribution in [1.82, 2.24) is 5.32 Å². The third-order valence-corrected chi connectivity index (χ3v) is 4.13. The Morgan fingerprint density at radius 2 is 2.29 bits per heavy atom. The highest BCUT2D eigenvalue weighted by molar-refractivity contribution is 5.83. The summed E-state index contributed by atoms with van der Waals surface area (Å²) < 4.78 is 13.3. The lowest BCUT2D eigenvalue weighted by atomic mass is 9.69. The van der Waals surface area contributed by atoms with Crippen molar-refractivity contribution in [2.75, 3.05) is 0 Å². The molecule has 3 unspecified atom stereocenters. The molecule has 4 heteroatoms. The molecule has 2 N–H and O–H groups in total. The molecule has 1 aromatic carbocycles. The number of carboxylic acid groups (broad SMARTS) is 1. The van der Waals surface area contributed by atoms with E-state index >= 15 is 0 Å². The zero-order valence-electron chi connectivity index (χ0n) is 9.32. The first-order valence-corrected chi connectivity index (χ1v) is 5.88. The van der Waals surface area contributed by atoms with Gasteiger partial charge in [-0.25, -0.2) is 4.39 Å². The second-order valence-electron chi connectivity index (χ2n) is 4.98. The standard InChI is InChI=1S/C13H14FNO2/c14-9-3-1-2-8(6-9)13(12(16)17)7-10-4-5-11(13)15-10/h1-3,6,10-11,15H,4-5,7H2,(H,16,17). The third kappa shape index (κ3) is 1.40. The van der Waals surface area contributed by atoms with E-state index in [0.29, 0.717) is 12.0 Å². The van der Waals surface area contributed by atoms with Crippen molar-refractivity contribution < 1.29 is 14.3 Å². The first-order valence-electron chi connectivity index (χ1n) is 5.88. The fourth-order valence-corrected chi connectivity index (χ4v) is 3.34. The molecule has 2 saturated heterocycles. The summed E-state index contributed by atoms with van der Waals surface area (Å²) in [5.41, 5.74) is -0.352. The minimum absolute atomic E-state index is 0.0631. The van der Waals surface area contributed by atoms with E-state index in [9.17, 15) is 14.3 Å². The number of hydrogen-bond acceptors (Lipinski definition) is 2. The zero-order valence-corrected chi connectivity index (χ0v) is 9.32. The minimum Gasteiger partial charge on any atom is -0.481 e. The lowest BCUT2D eigenvalue weighted by molar-refractivity contribution is -0.144. The number of benzene rings is 1. The Labute approximate surface area is 98.6 Å². The van der Waals surface area contributed by atoms with E-state index in [1.54, 1.807) is 12.1 Å². The number of fused-ring (bicyclic) bond motifs is 2. The summed E-state index contributed by atoms with van der Waals surface area (Å²) in [6.45, 7) is 0. The topological polar surface area (TPSA) is 49.3 Å². The van der Waals surface area contributed by atoms with Gasteiger partial charge in [-0.2, -0.15) is 0 Å². The number of carbonyl (C=O) groups is 1. The molecule has 0 saturated carbocycles. The molecular weight excluding hydrogens is 221 g/mol. The van der Waals surface area contributed by atoms with Crippen molar-refractivity contribution in [2.45, 2.75) is 36.8 Å². The number of aliphatic carboxylic acids is 1. The molecule has 2 aliphatic heterocycles. The van der Waals surface area contributed by atoms with Gasteiger partial charge in [-0.15, -0.1) is 0 Å². The summed E-state index contributed by atoms with van der Waals surface area (Å²) in [7, 11) is 0. The van der Waals surface area contributed by atoms with E-state index in [1.165, 1.54) is 12.1 Å². The number of halogens is 1. The van der Waals surface area contributed by atoms with Crippen molar-refractivity contribution in [3.05, 3.63) is 35.6 Å². The van der Waals surface area contributed by atoms with Crippen LogP contribution < -0.4 is 5.32 Å². The van der Waals surface area contributed by atoms with Crippen LogP contribution in [0, 0.1) is 5.82 Å². The molecule has 3 atom stereocenters. The molecule has 1 aromatic rings. The molecule has 3 nitrogen and oxygen atoms in total. The van der Waals surface area contributed by atoms with Gasteiger partial charge >= 0.3 is 5.97 Å². The number of rotatable bonds is 2. The SMILES string of the molecule is O=C(O)C1(c2cccc(F)c2)CC2CCC1N2. The zero-order chi connectivity index (χ0) is 12.0. The Morgan fingerprint density at radius 1 is 1.47 bits per heavy atom. The molecule has 0 aromatic heterocycles. The van der Waals surface area contributed by atoms with E-state index < -0.39 is 11.4 Å². The fraction of sp³-hybridized carbons (Fsp3) is 0.462. The van der Waals surface area contributed by atoms with Crippen molar-refractivity contribution >= 4 is 5.97 Å². The molecule has 2 fully saturated rings. The average molecular weight is 235 g/mol. The summed E-state index contributed by atoms with van der Waals surface area (Å²) >= 11 is 0. The van der Waals surface area contributed by atoms with Gasteiger partial charge in [0.05, 0.1) is 0 Å². The van der Waals surface area contributed by atoms with E-state index in [1.807, 2.05) is 0 Å². The summed E-state index contributed by atoms with van der Waals surface area (Å²) in [5.74, 6) is -1.21. The molecule has 0 amide bonds. The summed E-state index contributed by atoms with van der Waals surface area (Å²) in [6.07, 6.45) is 2.44. The average Bonchev–Trinajstić information content (AvgIpc) is 2.89. The van der Waals surface area contributed by atoms with Crippen molar-refractivity contribution in [3.63, 3.8) is 0 Å². The van der Waals surface area contributed by atoms with E-state index in [2.05, 4.69) is 5.32 Å². The molecule has 2 heterocycles. The van der Waals surface area contributed by atoms with Crippen LogP contribution in [0.5, 0.6) is 0 Å². The summed E-state index contributed by atoms with van der Waals surface area (Å²) in [6, 6.07) is 6.21. The Kier molecular flexibility index (Phi) is 2.23. The van der Waals surface area contributed by atoms with Gasteiger partial charge in [0.1, 0.15) is 11.2 Å². The van der Waals surface area contributed by atoms with Gasteiger partial charge in [0.25, 0.3) is 0 Å². The molecule has 0 spiro atoms. The van der Waals surface area contributed by atoms with Crippen LogP contribution >= 0.6 is 0 Å². The third-order valence-electron chi connectivity index (χ3n) is 4.13. The molecule has 2 bridgehead atoms. The van der Waals surface area contributed by atoms with Gasteiger partial charge in [-0.3, -0.25) is 4.79 Å². The van der Waals surface area contributed by atoms with E-state index in [0.717, 1.165) is 12.8 Å². The molecule has 17 heavy (non-hydrogen) atoms. The van der Waals surface area contributed by atoms with Gasteiger partial charge in [0.2, 0.25) is 0 Å². The maximum absolute atomic E-state index is 13.3. The molecule has 2 aliphatic rings. The van der Waals surface area contributed by atoms with Crippen LogP contribution in [0.3, 0.4) is 0 Å². The Balaban J connectivity index is 2.10. The number of hydrogen-bond donors (Lipinski definition) is 2. The van der Waals surface area contributed by atoms with Gasteiger partial charge < -0.3 is 10.4 Å². The van der Waals surface area contributed by atoms with Gasteiger partial charge in [-0.05, 0) is 37.0 Å². The lowest BCUT2D eigenvalue weighted by Crippen LogP contribution is -2.46. The highest BCUT2D eigenvalue weighted by atomic mass is 19.1. The maximum atomic E-state index is 13.3. The quantitative estimate of drug-likeness (QED) is 0.819. The highest BCUT2D eigenvalue weighted by Crippen LogP contribution is 2.45. The minimum atomic E-state index is -0.939. The maximum Gasteiger partial charge on any atom is 0.315 e. The van der Waals surface area contributed by atoms with Crippen molar-refractivity contribution in [2.24, 2.45) is 0 Å².